The number of hydrogen-bond donors (Lipinski definition) is 4. The molecule has 0 saturated heterocycles. The lowest BCUT2D eigenvalue weighted by Gasteiger charge is -2.21. The molecule has 4 N–H and O–H groups in total. The largest absolute Gasteiger partial charge is 0.508 e. The van der Waals surface area contributed by atoms with E-state index in [9.17, 15) is 25.2 Å². The van der Waals surface area contributed by atoms with Gasteiger partial charge in [0.2, 0.25) is 0 Å². The number of aldehydes is 1. The predicted molar refractivity (Wildman–Crippen MR) is 101 cm³/mol. The monoisotopic (exact) mass is 356 g/mol. The lowest BCUT2D eigenvalue weighted by atomic mass is 9.89. The van der Waals surface area contributed by atoms with Crippen LogP contribution in [0.2, 0.25) is 0 Å². The Hall–Kier alpha value is -2.79. The van der Waals surface area contributed by atoms with E-state index in [2.05, 4.69) is 0 Å². The molecule has 0 aliphatic rings. The maximum atomic E-state index is 11.2. The van der Waals surface area contributed by atoms with Gasteiger partial charge in [0.05, 0.1) is 11.2 Å². The molecular formula is C21H24O5. The molecule has 138 valence electrons. The number of benzene rings is 2. The molecule has 0 spiro atoms. The first-order valence-electron chi connectivity index (χ1n) is 8.35. The Morgan fingerprint density at radius 3 is 2.42 bits per heavy atom. The molecule has 2 aromatic rings. The highest BCUT2D eigenvalue weighted by Gasteiger charge is 2.19. The zero-order valence-corrected chi connectivity index (χ0v) is 15.2. The van der Waals surface area contributed by atoms with Gasteiger partial charge in [-0.3, -0.25) is 4.79 Å². The van der Waals surface area contributed by atoms with E-state index in [1.54, 1.807) is 32.1 Å². The van der Waals surface area contributed by atoms with Crippen molar-refractivity contribution in [3.63, 3.8) is 0 Å². The molecule has 0 aliphatic carbocycles. The third-order valence-corrected chi connectivity index (χ3v) is 4.59. The Kier molecular flexibility index (Phi) is 5.73. The summed E-state index contributed by atoms with van der Waals surface area (Å²) in [7, 11) is 0. The number of rotatable bonds is 6. The highest BCUT2D eigenvalue weighted by atomic mass is 16.3. The molecule has 0 bridgehead atoms. The van der Waals surface area contributed by atoms with E-state index in [-0.39, 0.29) is 22.8 Å². The molecule has 0 aliphatic heterocycles. The van der Waals surface area contributed by atoms with Crippen LogP contribution in [0, 0.1) is 13.8 Å². The van der Waals surface area contributed by atoms with Crippen molar-refractivity contribution in [1.82, 2.24) is 0 Å². The van der Waals surface area contributed by atoms with Gasteiger partial charge in [0, 0.05) is 5.56 Å². The first-order chi connectivity index (χ1) is 12.1. The van der Waals surface area contributed by atoms with Gasteiger partial charge in [-0.15, -0.1) is 0 Å². The third kappa shape index (κ3) is 4.43. The average molecular weight is 356 g/mol. The first-order valence-corrected chi connectivity index (χ1v) is 8.35. The van der Waals surface area contributed by atoms with E-state index < -0.39 is 5.60 Å². The number of aromatic hydroxyl groups is 3. The van der Waals surface area contributed by atoms with E-state index in [4.69, 9.17) is 0 Å². The van der Waals surface area contributed by atoms with Crippen molar-refractivity contribution in [3.8, 4) is 17.2 Å². The lowest BCUT2D eigenvalue weighted by molar-refractivity contribution is 0.103. The van der Waals surface area contributed by atoms with Crippen LogP contribution in [0.1, 0.15) is 46.0 Å². The number of phenolic OH excluding ortho intramolecular Hbond substituents is 3. The minimum Gasteiger partial charge on any atom is -0.508 e. The molecule has 26 heavy (non-hydrogen) atoms. The molecule has 2 rings (SSSR count). The van der Waals surface area contributed by atoms with Crippen molar-refractivity contribution >= 4 is 12.4 Å². The normalized spacial score (nSPS) is 13.7. The maximum Gasteiger partial charge on any atom is 0.154 e. The van der Waals surface area contributed by atoms with Crippen molar-refractivity contribution < 1.29 is 25.2 Å². The molecule has 0 saturated carbocycles. The molecule has 1 unspecified atom stereocenters. The van der Waals surface area contributed by atoms with E-state index in [0.29, 0.717) is 30.3 Å². The van der Waals surface area contributed by atoms with E-state index in [0.717, 1.165) is 11.1 Å². The number of hydrogen-bond acceptors (Lipinski definition) is 5. The first kappa shape index (κ1) is 19.5. The fourth-order valence-electron chi connectivity index (χ4n) is 2.96. The third-order valence-electron chi connectivity index (χ3n) is 4.59. The van der Waals surface area contributed by atoms with Crippen LogP contribution in [0.5, 0.6) is 17.2 Å². The number of carbonyl (C=O) groups excluding carboxylic acids is 1. The molecule has 5 heteroatoms. The lowest BCUT2D eigenvalue weighted by Crippen LogP contribution is -2.22. The van der Waals surface area contributed by atoms with Gasteiger partial charge in [-0.25, -0.2) is 0 Å². The molecule has 0 fully saturated rings. The summed E-state index contributed by atoms with van der Waals surface area (Å²) in [5.41, 5.74) is 2.00. The standard InChI is InChI=1S/C21H24O5/c1-13-10-20(25)18(12-22)14(2)17(13)7-9-21(3,26)8-6-15-11-16(23)4-5-19(15)24/h4-6,8,10-12,23-26H,7,9H2,1-3H3/b8-6+. The van der Waals surface area contributed by atoms with Crippen LogP contribution in [-0.4, -0.2) is 32.3 Å². The van der Waals surface area contributed by atoms with Crippen LogP contribution < -0.4 is 0 Å². The number of carbonyl (C=O) groups is 1. The summed E-state index contributed by atoms with van der Waals surface area (Å²) in [4.78, 5) is 11.2. The second-order valence-corrected chi connectivity index (χ2v) is 6.78. The Bertz CT molecular complexity index is 850. The van der Waals surface area contributed by atoms with E-state index in [1.807, 2.05) is 6.92 Å². The summed E-state index contributed by atoms with van der Waals surface area (Å²) in [6.07, 6.45) is 4.65. The molecule has 0 radical (unpaired) electrons. The predicted octanol–water partition coefficient (Wildman–Crippen LogP) is 3.63. The van der Waals surface area contributed by atoms with E-state index >= 15 is 0 Å². The smallest absolute Gasteiger partial charge is 0.154 e. The minimum atomic E-state index is -1.16. The number of aliphatic hydroxyl groups is 1. The summed E-state index contributed by atoms with van der Waals surface area (Å²) in [6.45, 7) is 5.28. The second-order valence-electron chi connectivity index (χ2n) is 6.78. The highest BCUT2D eigenvalue weighted by molar-refractivity contribution is 5.82. The number of phenols is 3. The molecule has 2 aromatic carbocycles. The molecule has 0 aromatic heterocycles. The molecule has 5 nitrogen and oxygen atoms in total. The summed E-state index contributed by atoms with van der Waals surface area (Å²) < 4.78 is 0. The average Bonchev–Trinajstić information content (AvgIpc) is 2.55. The Morgan fingerprint density at radius 1 is 1.08 bits per heavy atom. The number of aryl methyl sites for hydroxylation is 1. The van der Waals surface area contributed by atoms with Crippen molar-refractivity contribution in [2.24, 2.45) is 0 Å². The minimum absolute atomic E-state index is 0.00991. The zero-order chi connectivity index (χ0) is 19.5. The van der Waals surface area contributed by atoms with Crippen LogP contribution >= 0.6 is 0 Å². The quantitative estimate of drug-likeness (QED) is 0.468. The second kappa shape index (κ2) is 7.62. The molecule has 1 atom stereocenters. The molecule has 0 heterocycles. The summed E-state index contributed by atoms with van der Waals surface area (Å²) >= 11 is 0. The van der Waals surface area contributed by atoms with Gasteiger partial charge in [0.15, 0.2) is 6.29 Å². The van der Waals surface area contributed by atoms with Crippen LogP contribution in [0.3, 0.4) is 0 Å². The fourth-order valence-corrected chi connectivity index (χ4v) is 2.96. The Balaban J connectivity index is 2.19. The van der Waals surface area contributed by atoms with Gasteiger partial charge in [0.25, 0.3) is 0 Å². The van der Waals surface area contributed by atoms with Crippen LogP contribution in [0.25, 0.3) is 6.08 Å². The zero-order valence-electron chi connectivity index (χ0n) is 15.2. The van der Waals surface area contributed by atoms with Crippen molar-refractivity contribution in [1.29, 1.82) is 0 Å². The Morgan fingerprint density at radius 2 is 1.77 bits per heavy atom. The van der Waals surface area contributed by atoms with E-state index in [1.165, 1.54) is 18.2 Å². The maximum absolute atomic E-state index is 11.2. The van der Waals surface area contributed by atoms with Crippen molar-refractivity contribution in [2.75, 3.05) is 0 Å². The summed E-state index contributed by atoms with van der Waals surface area (Å²) in [5, 5.41) is 39.7. The summed E-state index contributed by atoms with van der Waals surface area (Å²) in [5.74, 6) is -0.000655. The van der Waals surface area contributed by atoms with Gasteiger partial charge >= 0.3 is 0 Å². The van der Waals surface area contributed by atoms with Gasteiger partial charge < -0.3 is 20.4 Å². The van der Waals surface area contributed by atoms with Crippen molar-refractivity contribution in [2.45, 2.75) is 39.2 Å². The van der Waals surface area contributed by atoms with Crippen LogP contribution in [-0.2, 0) is 6.42 Å². The van der Waals surface area contributed by atoms with Crippen LogP contribution in [0.4, 0.5) is 0 Å². The SMILES string of the molecule is Cc1cc(O)c(C=O)c(C)c1CCC(C)(O)/C=C/c1cc(O)ccc1O. The van der Waals surface area contributed by atoms with Gasteiger partial charge in [-0.05, 0) is 74.6 Å². The van der Waals surface area contributed by atoms with Crippen LogP contribution in [0.15, 0.2) is 30.3 Å². The van der Waals surface area contributed by atoms with Crippen molar-refractivity contribution in [3.05, 3.63) is 58.2 Å². The topological polar surface area (TPSA) is 98.0 Å². The Labute approximate surface area is 152 Å². The van der Waals surface area contributed by atoms with Gasteiger partial charge in [-0.1, -0.05) is 12.2 Å². The highest BCUT2D eigenvalue weighted by Crippen LogP contribution is 2.29. The van der Waals surface area contributed by atoms with Gasteiger partial charge in [0.1, 0.15) is 17.2 Å². The van der Waals surface area contributed by atoms with Gasteiger partial charge in [-0.2, -0.15) is 0 Å². The molecular weight excluding hydrogens is 332 g/mol. The fraction of sp³-hybridized carbons (Fsp3) is 0.286. The molecule has 0 amide bonds. The summed E-state index contributed by atoms with van der Waals surface area (Å²) in [6, 6.07) is 5.73.